The zero-order chi connectivity index (χ0) is 13.8. The highest BCUT2D eigenvalue weighted by Gasteiger charge is 2.20. The number of nitrogens with one attached hydrogen (secondary N) is 1. The summed E-state index contributed by atoms with van der Waals surface area (Å²) in [4.78, 5) is 0. The Kier molecular flexibility index (Phi) is 5.03. The summed E-state index contributed by atoms with van der Waals surface area (Å²) in [7, 11) is 1.73. The van der Waals surface area contributed by atoms with Crippen LogP contribution in [-0.2, 0) is 5.41 Å². The third-order valence-corrected chi connectivity index (χ3v) is 3.05. The molecule has 0 amide bonds. The molecule has 0 aliphatic rings. The molecule has 0 atom stereocenters. The summed E-state index contributed by atoms with van der Waals surface area (Å²) < 4.78 is 5.49. The van der Waals surface area contributed by atoms with Crippen molar-refractivity contribution in [2.75, 3.05) is 25.5 Å². The smallest absolute Gasteiger partial charge is 0.122 e. The van der Waals surface area contributed by atoms with Crippen LogP contribution in [0, 0.1) is 6.92 Å². The topological polar surface area (TPSA) is 47.3 Å². The van der Waals surface area contributed by atoms with Gasteiger partial charge in [0.25, 0.3) is 0 Å². The second-order valence-corrected chi connectivity index (χ2v) is 5.69. The zero-order valence-electron chi connectivity index (χ0n) is 12.3. The number of anilines is 1. The molecule has 1 aromatic rings. The minimum atomic E-state index is 0.0728. The molecule has 0 radical (unpaired) electrons. The maximum atomic E-state index is 5.52. The Morgan fingerprint density at radius 2 is 1.94 bits per heavy atom. The lowest BCUT2D eigenvalue weighted by Gasteiger charge is -2.24. The molecule has 0 aliphatic heterocycles. The summed E-state index contributed by atoms with van der Waals surface area (Å²) in [5.41, 5.74) is 9.20. The number of aryl methyl sites for hydroxylation is 1. The molecule has 3 N–H and O–H groups in total. The standard InChI is InChI=1S/C15H26N2O/c1-11-9-14(18-5)12(15(2,3)4)10-13(11)17-8-6-7-16/h9-10,17H,6-8,16H2,1-5H3. The Morgan fingerprint density at radius 3 is 2.44 bits per heavy atom. The van der Waals surface area contributed by atoms with Gasteiger partial charge in [0.2, 0.25) is 0 Å². The van der Waals surface area contributed by atoms with Crippen LogP contribution in [0.3, 0.4) is 0 Å². The Morgan fingerprint density at radius 1 is 1.28 bits per heavy atom. The third-order valence-electron chi connectivity index (χ3n) is 3.05. The molecule has 0 spiro atoms. The molecule has 0 saturated heterocycles. The highest BCUT2D eigenvalue weighted by atomic mass is 16.5. The zero-order valence-corrected chi connectivity index (χ0v) is 12.3. The molecule has 102 valence electrons. The van der Waals surface area contributed by atoms with Gasteiger partial charge in [-0.15, -0.1) is 0 Å². The monoisotopic (exact) mass is 250 g/mol. The number of ether oxygens (including phenoxy) is 1. The molecule has 0 aliphatic carbocycles. The van der Waals surface area contributed by atoms with E-state index in [4.69, 9.17) is 10.5 Å². The van der Waals surface area contributed by atoms with E-state index in [-0.39, 0.29) is 5.41 Å². The first kappa shape index (κ1) is 14.8. The number of benzene rings is 1. The van der Waals surface area contributed by atoms with Crippen LogP contribution in [0.2, 0.25) is 0 Å². The molecule has 3 nitrogen and oxygen atoms in total. The molecule has 0 heterocycles. The lowest BCUT2D eigenvalue weighted by molar-refractivity contribution is 0.397. The summed E-state index contributed by atoms with van der Waals surface area (Å²) in [6.45, 7) is 10.3. The number of hydrogen-bond donors (Lipinski definition) is 2. The highest BCUT2D eigenvalue weighted by molar-refractivity contribution is 5.58. The minimum absolute atomic E-state index is 0.0728. The molecule has 0 fully saturated rings. The van der Waals surface area contributed by atoms with Crippen LogP contribution in [-0.4, -0.2) is 20.2 Å². The molecular formula is C15H26N2O. The van der Waals surface area contributed by atoms with Crippen molar-refractivity contribution in [2.45, 2.75) is 39.5 Å². The average molecular weight is 250 g/mol. The molecule has 18 heavy (non-hydrogen) atoms. The Bertz CT molecular complexity index is 394. The van der Waals surface area contributed by atoms with Crippen LogP contribution < -0.4 is 15.8 Å². The summed E-state index contributed by atoms with van der Waals surface area (Å²) in [5.74, 6) is 0.962. The fourth-order valence-electron chi connectivity index (χ4n) is 1.95. The van der Waals surface area contributed by atoms with Crippen molar-refractivity contribution in [2.24, 2.45) is 5.73 Å². The van der Waals surface area contributed by atoms with E-state index in [0.717, 1.165) is 18.7 Å². The second-order valence-electron chi connectivity index (χ2n) is 5.69. The van der Waals surface area contributed by atoms with Gasteiger partial charge in [-0.1, -0.05) is 20.8 Å². The summed E-state index contributed by atoms with van der Waals surface area (Å²) in [5, 5.41) is 3.44. The molecule has 0 saturated carbocycles. The maximum Gasteiger partial charge on any atom is 0.122 e. The van der Waals surface area contributed by atoms with Gasteiger partial charge in [0.15, 0.2) is 0 Å². The summed E-state index contributed by atoms with van der Waals surface area (Å²) in [6.07, 6.45) is 0.982. The lowest BCUT2D eigenvalue weighted by Crippen LogP contribution is -2.15. The van der Waals surface area contributed by atoms with Crippen LogP contribution in [0.4, 0.5) is 5.69 Å². The first-order valence-electron chi connectivity index (χ1n) is 6.53. The van der Waals surface area contributed by atoms with Crippen LogP contribution in [0.1, 0.15) is 38.3 Å². The fraction of sp³-hybridized carbons (Fsp3) is 0.600. The van der Waals surface area contributed by atoms with E-state index in [1.54, 1.807) is 7.11 Å². The Balaban J connectivity index is 3.06. The molecule has 1 rings (SSSR count). The van der Waals surface area contributed by atoms with E-state index in [1.165, 1.54) is 16.8 Å². The van der Waals surface area contributed by atoms with Crippen molar-refractivity contribution >= 4 is 5.69 Å². The largest absolute Gasteiger partial charge is 0.496 e. The molecule has 0 unspecified atom stereocenters. The highest BCUT2D eigenvalue weighted by Crippen LogP contribution is 2.35. The number of hydrogen-bond acceptors (Lipinski definition) is 3. The van der Waals surface area contributed by atoms with Gasteiger partial charge in [0.1, 0.15) is 5.75 Å². The first-order valence-corrected chi connectivity index (χ1v) is 6.53. The van der Waals surface area contributed by atoms with E-state index < -0.39 is 0 Å². The van der Waals surface area contributed by atoms with E-state index >= 15 is 0 Å². The summed E-state index contributed by atoms with van der Waals surface area (Å²) in [6, 6.07) is 4.30. The van der Waals surface area contributed by atoms with Gasteiger partial charge in [0.05, 0.1) is 7.11 Å². The van der Waals surface area contributed by atoms with Crippen LogP contribution in [0.15, 0.2) is 12.1 Å². The Hall–Kier alpha value is -1.22. The minimum Gasteiger partial charge on any atom is -0.496 e. The molecule has 1 aromatic carbocycles. The van der Waals surface area contributed by atoms with Gasteiger partial charge >= 0.3 is 0 Å². The molecule has 0 bridgehead atoms. The maximum absolute atomic E-state index is 5.52. The van der Waals surface area contributed by atoms with Gasteiger partial charge < -0.3 is 15.8 Å². The third kappa shape index (κ3) is 3.64. The number of rotatable bonds is 5. The van der Waals surface area contributed by atoms with Crippen molar-refractivity contribution in [3.8, 4) is 5.75 Å². The quantitative estimate of drug-likeness (QED) is 0.790. The van der Waals surface area contributed by atoms with Crippen LogP contribution >= 0.6 is 0 Å². The molecule has 0 aromatic heterocycles. The molecular weight excluding hydrogens is 224 g/mol. The lowest BCUT2D eigenvalue weighted by atomic mass is 9.85. The van der Waals surface area contributed by atoms with Gasteiger partial charge in [-0.3, -0.25) is 0 Å². The van der Waals surface area contributed by atoms with E-state index in [0.29, 0.717) is 6.54 Å². The van der Waals surface area contributed by atoms with Crippen molar-refractivity contribution < 1.29 is 4.74 Å². The normalized spacial score (nSPS) is 11.4. The van der Waals surface area contributed by atoms with Crippen LogP contribution in [0.5, 0.6) is 5.75 Å². The fourth-order valence-corrected chi connectivity index (χ4v) is 1.95. The van der Waals surface area contributed by atoms with E-state index in [9.17, 15) is 0 Å². The van der Waals surface area contributed by atoms with Crippen molar-refractivity contribution in [3.63, 3.8) is 0 Å². The number of nitrogens with two attached hydrogens (primary N) is 1. The SMILES string of the molecule is COc1cc(C)c(NCCCN)cc1C(C)(C)C. The van der Waals surface area contributed by atoms with E-state index in [2.05, 4.69) is 45.1 Å². The number of methoxy groups -OCH3 is 1. The van der Waals surface area contributed by atoms with Crippen molar-refractivity contribution in [3.05, 3.63) is 23.3 Å². The summed E-state index contributed by atoms with van der Waals surface area (Å²) >= 11 is 0. The second kappa shape index (κ2) is 6.10. The van der Waals surface area contributed by atoms with Crippen LogP contribution in [0.25, 0.3) is 0 Å². The van der Waals surface area contributed by atoms with Gasteiger partial charge in [-0.2, -0.15) is 0 Å². The average Bonchev–Trinajstić information content (AvgIpc) is 2.29. The molecule has 3 heteroatoms. The van der Waals surface area contributed by atoms with Gasteiger partial charge in [-0.25, -0.2) is 0 Å². The van der Waals surface area contributed by atoms with Gasteiger partial charge in [0, 0.05) is 17.8 Å². The van der Waals surface area contributed by atoms with Crippen molar-refractivity contribution in [1.29, 1.82) is 0 Å². The van der Waals surface area contributed by atoms with Crippen molar-refractivity contribution in [1.82, 2.24) is 0 Å². The van der Waals surface area contributed by atoms with Gasteiger partial charge in [-0.05, 0) is 43.0 Å². The van der Waals surface area contributed by atoms with E-state index in [1.807, 2.05) is 0 Å². The predicted molar refractivity (Wildman–Crippen MR) is 78.6 cm³/mol. The Labute approximate surface area is 111 Å². The first-order chi connectivity index (χ1) is 8.40. The predicted octanol–water partition coefficient (Wildman–Crippen LogP) is 3.06.